The van der Waals surface area contributed by atoms with Crippen LogP contribution in [0.15, 0.2) is 36.5 Å². The van der Waals surface area contributed by atoms with Crippen LogP contribution in [0.4, 0.5) is 0 Å². The normalized spacial score (nSPS) is 12.8. The van der Waals surface area contributed by atoms with Gasteiger partial charge in [0.1, 0.15) is 0 Å². The highest BCUT2D eigenvalue weighted by Gasteiger charge is 2.20. The van der Waals surface area contributed by atoms with Crippen molar-refractivity contribution < 1.29 is 24.5 Å². The molecule has 0 heterocycles. The van der Waals surface area contributed by atoms with Crippen LogP contribution in [0, 0.1) is 0 Å². The van der Waals surface area contributed by atoms with Gasteiger partial charge in [0.25, 0.3) is 0 Å². The first-order valence-corrected chi connectivity index (χ1v) is 30.2. The first kappa shape index (κ1) is 66.1. The Bertz CT molecular complexity index is 1100. The van der Waals surface area contributed by atoms with Crippen molar-refractivity contribution in [3.63, 3.8) is 0 Å². The van der Waals surface area contributed by atoms with Gasteiger partial charge in [0.2, 0.25) is 5.91 Å². The zero-order chi connectivity index (χ0) is 49.3. The summed E-state index contributed by atoms with van der Waals surface area (Å²) in [6.07, 6.45) is 71.5. The van der Waals surface area contributed by atoms with Gasteiger partial charge in [0, 0.05) is 12.8 Å². The molecule has 0 fully saturated rings. The number of unbranched alkanes of at least 4 members (excludes halogenated alkanes) is 39. The molecule has 0 aromatic rings. The molecule has 0 aliphatic heterocycles. The minimum atomic E-state index is -0.668. The molecule has 3 N–H and O–H groups in total. The lowest BCUT2D eigenvalue weighted by atomic mass is 10.0. The summed E-state index contributed by atoms with van der Waals surface area (Å²) in [5, 5.41) is 23.2. The van der Waals surface area contributed by atoms with Gasteiger partial charge in [-0.3, -0.25) is 9.59 Å². The quantitative estimate of drug-likeness (QED) is 0.0321. The van der Waals surface area contributed by atoms with E-state index in [-0.39, 0.29) is 18.5 Å². The molecule has 400 valence electrons. The Hall–Kier alpha value is -1.92. The molecule has 0 spiro atoms. The lowest BCUT2D eigenvalue weighted by Gasteiger charge is -2.22. The second kappa shape index (κ2) is 57.7. The summed E-state index contributed by atoms with van der Waals surface area (Å²) in [6, 6.07) is -0.546. The van der Waals surface area contributed by atoms with E-state index in [1.165, 1.54) is 238 Å². The molecule has 0 aromatic heterocycles. The zero-order valence-electron chi connectivity index (χ0n) is 45.6. The number of carbonyl (C=O) groups excluding carboxylic acids is 2. The maximum absolute atomic E-state index is 12.5. The van der Waals surface area contributed by atoms with Gasteiger partial charge >= 0.3 is 5.97 Å². The van der Waals surface area contributed by atoms with Crippen LogP contribution < -0.4 is 5.32 Å². The van der Waals surface area contributed by atoms with Crippen molar-refractivity contribution in [2.24, 2.45) is 0 Å². The molecule has 0 bridgehead atoms. The molecule has 0 rings (SSSR count). The van der Waals surface area contributed by atoms with Crippen LogP contribution >= 0.6 is 0 Å². The third-order valence-electron chi connectivity index (χ3n) is 13.9. The molecule has 6 nitrogen and oxygen atoms in total. The number of ether oxygens (including phenoxy) is 1. The SMILES string of the molecule is CCCCC/C=C\C/C=C\CCCCCCCC(=O)OCCCCCCCCCCCCCC/C=C\CCCCCCCCCC(=O)NC(CO)C(O)CCCCCCCCCCCCCCC. The Morgan fingerprint density at radius 1 is 0.412 bits per heavy atom. The number of allylic oxidation sites excluding steroid dienone is 6. The van der Waals surface area contributed by atoms with Crippen LogP contribution in [0.3, 0.4) is 0 Å². The van der Waals surface area contributed by atoms with Gasteiger partial charge in [-0.25, -0.2) is 0 Å². The largest absolute Gasteiger partial charge is 0.466 e. The Balaban J connectivity index is 3.41. The number of amides is 1. The maximum atomic E-state index is 12.5. The third kappa shape index (κ3) is 53.4. The monoisotopic (exact) mass is 956 g/mol. The number of hydrogen-bond acceptors (Lipinski definition) is 5. The summed E-state index contributed by atoms with van der Waals surface area (Å²) >= 11 is 0. The Kier molecular flexibility index (Phi) is 56.0. The van der Waals surface area contributed by atoms with E-state index in [1.807, 2.05) is 0 Å². The molecule has 1 amide bonds. The summed E-state index contributed by atoms with van der Waals surface area (Å²) in [5.74, 6) is -0.0437. The van der Waals surface area contributed by atoms with Gasteiger partial charge in [-0.1, -0.05) is 262 Å². The fourth-order valence-electron chi connectivity index (χ4n) is 9.25. The molecule has 0 saturated carbocycles. The molecule has 0 aliphatic carbocycles. The molecule has 68 heavy (non-hydrogen) atoms. The summed E-state index contributed by atoms with van der Waals surface area (Å²) in [4.78, 5) is 24.5. The number of aliphatic hydroxyl groups excluding tert-OH is 2. The van der Waals surface area contributed by atoms with Crippen LogP contribution in [-0.2, 0) is 14.3 Å². The third-order valence-corrected chi connectivity index (χ3v) is 13.9. The molecule has 6 heteroatoms. The van der Waals surface area contributed by atoms with E-state index in [0.29, 0.717) is 25.9 Å². The minimum absolute atomic E-state index is 0.00261. The summed E-state index contributed by atoms with van der Waals surface area (Å²) < 4.78 is 5.47. The molecular formula is C62H117NO5. The van der Waals surface area contributed by atoms with E-state index in [9.17, 15) is 19.8 Å². The van der Waals surface area contributed by atoms with Crippen LogP contribution in [-0.4, -0.2) is 47.4 Å². The Morgan fingerprint density at radius 3 is 1.16 bits per heavy atom. The lowest BCUT2D eigenvalue weighted by Crippen LogP contribution is -2.45. The fraction of sp³-hybridized carbons (Fsp3) is 0.871. The van der Waals surface area contributed by atoms with Gasteiger partial charge in [0.15, 0.2) is 0 Å². The van der Waals surface area contributed by atoms with E-state index in [1.54, 1.807) is 0 Å². The van der Waals surface area contributed by atoms with E-state index < -0.39 is 12.1 Å². The zero-order valence-corrected chi connectivity index (χ0v) is 45.6. The number of hydrogen-bond donors (Lipinski definition) is 3. The van der Waals surface area contributed by atoms with Crippen molar-refractivity contribution in [2.75, 3.05) is 13.2 Å². The van der Waals surface area contributed by atoms with Crippen molar-refractivity contribution in [3.05, 3.63) is 36.5 Å². The summed E-state index contributed by atoms with van der Waals surface area (Å²) in [6.45, 7) is 4.92. The number of nitrogens with one attached hydrogen (secondary N) is 1. The van der Waals surface area contributed by atoms with Crippen LogP contribution in [0.25, 0.3) is 0 Å². The van der Waals surface area contributed by atoms with Crippen molar-refractivity contribution in [3.8, 4) is 0 Å². The molecule has 0 radical (unpaired) electrons. The fourth-order valence-corrected chi connectivity index (χ4v) is 9.25. The first-order valence-electron chi connectivity index (χ1n) is 30.2. The molecule has 2 atom stereocenters. The van der Waals surface area contributed by atoms with Crippen molar-refractivity contribution in [1.82, 2.24) is 5.32 Å². The number of carbonyl (C=O) groups is 2. The number of esters is 1. The Morgan fingerprint density at radius 2 is 0.735 bits per heavy atom. The van der Waals surface area contributed by atoms with E-state index in [0.717, 1.165) is 51.4 Å². The summed E-state index contributed by atoms with van der Waals surface area (Å²) in [7, 11) is 0. The van der Waals surface area contributed by atoms with E-state index >= 15 is 0 Å². The van der Waals surface area contributed by atoms with Gasteiger partial charge in [-0.2, -0.15) is 0 Å². The lowest BCUT2D eigenvalue weighted by molar-refractivity contribution is -0.143. The summed E-state index contributed by atoms with van der Waals surface area (Å²) in [5.41, 5.74) is 0. The standard InChI is InChI=1S/C62H117NO5/c1-3-5-7-9-11-13-15-17-27-32-36-40-44-48-52-56-62(67)68-57-53-49-45-41-37-33-29-26-24-22-20-18-19-21-23-25-28-31-35-39-43-47-51-55-61(66)63-59(58-64)60(65)54-50-46-42-38-34-30-16-14-12-10-8-6-4-2/h11,13,17,21,23,27,59-60,64-65H,3-10,12,14-16,18-20,22,24-26,28-58H2,1-2H3,(H,63,66)/b13-11-,23-21-,27-17-. The minimum Gasteiger partial charge on any atom is -0.466 e. The predicted molar refractivity (Wildman–Crippen MR) is 296 cm³/mol. The molecule has 0 saturated heterocycles. The average molecular weight is 957 g/mol. The highest BCUT2D eigenvalue weighted by atomic mass is 16.5. The van der Waals surface area contributed by atoms with Gasteiger partial charge in [0.05, 0.1) is 25.4 Å². The second-order valence-electron chi connectivity index (χ2n) is 20.7. The highest BCUT2D eigenvalue weighted by molar-refractivity contribution is 5.76. The van der Waals surface area contributed by atoms with Crippen molar-refractivity contribution in [1.29, 1.82) is 0 Å². The molecule has 0 aromatic carbocycles. The topological polar surface area (TPSA) is 95.9 Å². The van der Waals surface area contributed by atoms with Crippen molar-refractivity contribution >= 4 is 11.9 Å². The predicted octanol–water partition coefficient (Wildman–Crippen LogP) is 18.8. The first-order chi connectivity index (χ1) is 33.5. The van der Waals surface area contributed by atoms with Crippen LogP contribution in [0.5, 0.6) is 0 Å². The van der Waals surface area contributed by atoms with Crippen LogP contribution in [0.1, 0.15) is 322 Å². The van der Waals surface area contributed by atoms with E-state index in [2.05, 4.69) is 55.6 Å². The number of rotatable bonds is 56. The van der Waals surface area contributed by atoms with Crippen LogP contribution in [0.2, 0.25) is 0 Å². The Labute approximate surface area is 424 Å². The van der Waals surface area contributed by atoms with Gasteiger partial charge in [-0.05, 0) is 83.5 Å². The van der Waals surface area contributed by atoms with Gasteiger partial charge in [-0.15, -0.1) is 0 Å². The van der Waals surface area contributed by atoms with E-state index in [4.69, 9.17) is 4.74 Å². The molecule has 2 unspecified atom stereocenters. The maximum Gasteiger partial charge on any atom is 0.305 e. The van der Waals surface area contributed by atoms with Gasteiger partial charge < -0.3 is 20.3 Å². The number of aliphatic hydroxyl groups is 2. The van der Waals surface area contributed by atoms with Crippen molar-refractivity contribution in [2.45, 2.75) is 334 Å². The highest BCUT2D eigenvalue weighted by Crippen LogP contribution is 2.17. The average Bonchev–Trinajstić information content (AvgIpc) is 3.34. The second-order valence-corrected chi connectivity index (χ2v) is 20.7. The molecule has 0 aliphatic rings. The smallest absolute Gasteiger partial charge is 0.305 e. The molecular weight excluding hydrogens is 839 g/mol.